The minimum Gasteiger partial charge on any atom is -0.668 e. The van der Waals surface area contributed by atoms with Gasteiger partial charge in [0.25, 0.3) is 10.0 Å². The number of para-hydroxylation sites is 1. The van der Waals surface area contributed by atoms with Crippen molar-refractivity contribution in [2.75, 3.05) is 20.1 Å². The average Bonchev–Trinajstić information content (AvgIpc) is 3.13. The molecule has 5 nitrogen and oxygen atoms in total. The fraction of sp³-hybridized carbons (Fsp3) is 0.385. The molecule has 0 saturated heterocycles. The van der Waals surface area contributed by atoms with Gasteiger partial charge in [-0.05, 0) is 37.2 Å². The van der Waals surface area contributed by atoms with Crippen molar-refractivity contribution in [2.24, 2.45) is 0 Å². The van der Waals surface area contributed by atoms with Gasteiger partial charge in [0.15, 0.2) is 0 Å². The van der Waals surface area contributed by atoms with Crippen LogP contribution in [-0.2, 0) is 10.0 Å². The van der Waals surface area contributed by atoms with Crippen LogP contribution in [-0.4, -0.2) is 53.9 Å². The first-order valence-corrected chi connectivity index (χ1v) is 20.1. The predicted molar refractivity (Wildman–Crippen MR) is 151 cm³/mol. The molecule has 0 N–H and O–H groups in total. The zero-order valence-corrected chi connectivity index (χ0v) is 27.4. The molecule has 1 aliphatic heterocycles. The Hall–Kier alpha value is -0.976. The molecule has 0 aliphatic carbocycles. The monoisotopic (exact) mass is 535 g/mol. The van der Waals surface area contributed by atoms with Crippen molar-refractivity contribution >= 4 is 43.0 Å². The second-order valence-electron chi connectivity index (χ2n) is 10.9. The summed E-state index contributed by atoms with van der Waals surface area (Å²) >= 11 is 0. The Bertz CT molecular complexity index is 1250. The topological polar surface area (TPSA) is 56.4 Å². The molecule has 0 atom stereocenters. The summed E-state index contributed by atoms with van der Waals surface area (Å²) in [5, 5.41) is 0.984. The van der Waals surface area contributed by atoms with E-state index in [2.05, 4.69) is 57.3 Å². The van der Waals surface area contributed by atoms with Crippen LogP contribution in [0.15, 0.2) is 71.8 Å². The molecule has 2 aromatic carbocycles. The van der Waals surface area contributed by atoms with Crippen LogP contribution < -0.4 is 29.6 Å². The molecule has 1 aliphatic rings. The van der Waals surface area contributed by atoms with Gasteiger partial charge in [-0.2, -0.15) is 0 Å². The van der Waals surface area contributed by atoms with Crippen LogP contribution in [0.2, 0.25) is 39.3 Å². The zero-order chi connectivity index (χ0) is 25.1. The van der Waals surface area contributed by atoms with E-state index in [9.17, 15) is 8.42 Å². The van der Waals surface area contributed by atoms with Crippen LogP contribution in [0.4, 0.5) is 0 Å². The second kappa shape index (κ2) is 12.0. The van der Waals surface area contributed by atoms with Gasteiger partial charge in [-0.1, -0.05) is 98.2 Å². The van der Waals surface area contributed by atoms with E-state index in [0.29, 0.717) is 4.90 Å². The molecule has 0 radical (unpaired) electrons. The molecule has 0 spiro atoms. The quantitative estimate of drug-likeness (QED) is 0.469. The molecule has 35 heavy (non-hydrogen) atoms. The van der Waals surface area contributed by atoms with Gasteiger partial charge >= 0.3 is 29.6 Å². The molecule has 9 heteroatoms. The summed E-state index contributed by atoms with van der Waals surface area (Å²) < 4.78 is 32.5. The molecule has 0 amide bonds. The van der Waals surface area contributed by atoms with Crippen molar-refractivity contribution in [3.63, 3.8) is 0 Å². The maximum absolute atomic E-state index is 13.1. The van der Waals surface area contributed by atoms with Crippen molar-refractivity contribution in [3.05, 3.63) is 77.1 Å². The van der Waals surface area contributed by atoms with E-state index in [1.165, 1.54) is 9.55 Å². The molecule has 184 valence electrons. The number of fused-ring (bicyclic) bond motifs is 1. The number of benzene rings is 2. The maximum atomic E-state index is 13.1. The Balaban J connectivity index is 0.000000373. The van der Waals surface area contributed by atoms with Crippen molar-refractivity contribution < 1.29 is 38.0 Å². The van der Waals surface area contributed by atoms with Crippen molar-refractivity contribution in [2.45, 2.75) is 50.6 Å². The van der Waals surface area contributed by atoms with Gasteiger partial charge in [-0.15, -0.1) is 0 Å². The molecule has 0 bridgehead atoms. The average molecular weight is 536 g/mol. The third kappa shape index (κ3) is 8.26. The van der Waals surface area contributed by atoms with Crippen LogP contribution >= 0.6 is 0 Å². The Morgan fingerprint density at radius 3 is 1.94 bits per heavy atom. The summed E-state index contributed by atoms with van der Waals surface area (Å²) in [5.74, 6) is 0. The molecule has 0 fully saturated rings. The minimum absolute atomic E-state index is 0. The van der Waals surface area contributed by atoms with Gasteiger partial charge in [0, 0.05) is 30.2 Å². The maximum Gasteiger partial charge on any atom is 1.00 e. The van der Waals surface area contributed by atoms with Crippen LogP contribution in [0.5, 0.6) is 0 Å². The van der Waals surface area contributed by atoms with Crippen LogP contribution in [0, 0.1) is 0 Å². The van der Waals surface area contributed by atoms with Crippen LogP contribution in [0.3, 0.4) is 0 Å². The van der Waals surface area contributed by atoms with E-state index in [1.54, 1.807) is 30.5 Å². The number of nitrogens with zero attached hydrogens (tertiary/aromatic N) is 3. The van der Waals surface area contributed by atoms with Crippen LogP contribution in [0.25, 0.3) is 21.1 Å². The van der Waals surface area contributed by atoms with E-state index >= 15 is 0 Å². The minimum atomic E-state index is -3.62. The van der Waals surface area contributed by atoms with Gasteiger partial charge in [0.1, 0.15) is 0 Å². The Labute approximate surface area is 236 Å². The van der Waals surface area contributed by atoms with E-state index in [-0.39, 0.29) is 29.6 Å². The van der Waals surface area contributed by atoms with Crippen molar-refractivity contribution in [1.29, 1.82) is 0 Å². The number of hydrogen-bond acceptors (Lipinski definition) is 3. The Morgan fingerprint density at radius 2 is 1.43 bits per heavy atom. The summed E-state index contributed by atoms with van der Waals surface area (Å²) in [6.45, 7) is 15.7. The Morgan fingerprint density at radius 1 is 0.857 bits per heavy atom. The summed E-state index contributed by atoms with van der Waals surface area (Å²) in [6.07, 6.45) is 4.91. The molecule has 4 rings (SSSR count). The van der Waals surface area contributed by atoms with E-state index in [0.717, 1.165) is 36.0 Å². The van der Waals surface area contributed by atoms with E-state index in [4.69, 9.17) is 4.65 Å². The summed E-state index contributed by atoms with van der Waals surface area (Å²) in [6, 6.07) is 16.3. The largest absolute Gasteiger partial charge is 1.00 e. The fourth-order valence-electron chi connectivity index (χ4n) is 4.33. The first-order valence-electron chi connectivity index (χ1n) is 11.8. The molecule has 1 aromatic heterocycles. The first-order chi connectivity index (χ1) is 15.8. The third-order valence-corrected chi connectivity index (χ3v) is 12.5. The van der Waals surface area contributed by atoms with Gasteiger partial charge in [0.2, 0.25) is 0 Å². The fourth-order valence-corrected chi connectivity index (χ4v) is 13.8. The zero-order valence-electron chi connectivity index (χ0n) is 22.5. The van der Waals surface area contributed by atoms with E-state index < -0.39 is 26.5 Å². The van der Waals surface area contributed by atoms with Crippen molar-refractivity contribution in [3.8, 4) is 0 Å². The molecule has 0 saturated carbocycles. The van der Waals surface area contributed by atoms with Gasteiger partial charge in [-0.25, -0.2) is 12.4 Å². The smallest absolute Gasteiger partial charge is 0.668 e. The predicted octanol–water partition coefficient (Wildman–Crippen LogP) is 3.63. The number of likely N-dealkylation sites (N-methyl/N-ethyl adjacent to an activating group) is 1. The molecule has 2 heterocycles. The standard InChI is InChI=1S/C20H20N2O2S.C6H18NSi2.Na/c1-21-13-11-16(12-14-21)19-15-22(20-10-6-5-9-18(19)20)25(23,24)17-7-3-2-4-8-17;1-8(2,3)7-9(4,5)6;/h2-11,15H,12-14H2,1H3;1-6H3;/q;-1;+1. The molecule has 3 aromatic rings. The molecular weight excluding hydrogens is 498 g/mol. The van der Waals surface area contributed by atoms with Gasteiger partial charge < -0.3 is 9.55 Å². The van der Waals surface area contributed by atoms with Crippen molar-refractivity contribution in [1.82, 2.24) is 8.87 Å². The van der Waals surface area contributed by atoms with Gasteiger partial charge in [-0.3, -0.25) is 0 Å². The molecular formula is C26H38N3NaO2SSi2. The number of hydrogen-bond donors (Lipinski definition) is 0. The number of rotatable bonds is 5. The second-order valence-corrected chi connectivity index (χ2v) is 22.3. The third-order valence-electron chi connectivity index (χ3n) is 5.41. The normalized spacial score (nSPS) is 15.1. The summed E-state index contributed by atoms with van der Waals surface area (Å²) in [5.41, 5.74) is 2.96. The SMILES string of the molecule is CN1CC=C(c2cn(S(=O)(=O)c3ccccc3)c3ccccc23)CC1.C[Si](C)(C)[N-][Si](C)(C)C.[Na+]. The van der Waals surface area contributed by atoms with Crippen LogP contribution in [0.1, 0.15) is 12.0 Å². The summed E-state index contributed by atoms with van der Waals surface area (Å²) in [7, 11) is -3.73. The van der Waals surface area contributed by atoms with E-state index in [1.807, 2.05) is 30.3 Å². The summed E-state index contributed by atoms with van der Waals surface area (Å²) in [4.78, 5) is 2.56. The van der Waals surface area contributed by atoms with Gasteiger partial charge in [0.05, 0.1) is 10.4 Å². The molecule has 0 unspecified atom stereocenters. The Kier molecular flexibility index (Phi) is 10.4. The first kappa shape index (κ1) is 30.2. The number of aromatic nitrogens is 1.